The third-order valence-electron chi connectivity index (χ3n) is 3.49. The van der Waals surface area contributed by atoms with Crippen molar-refractivity contribution in [1.29, 1.82) is 5.26 Å². The Kier molecular flexibility index (Phi) is 2.98. The maximum Gasteiger partial charge on any atom is 0.0824 e. The molecule has 0 aliphatic carbocycles. The summed E-state index contributed by atoms with van der Waals surface area (Å²) in [4.78, 5) is 2.34. The van der Waals surface area contributed by atoms with E-state index in [2.05, 4.69) is 49.1 Å². The molecule has 2 nitrogen and oxygen atoms in total. The molecule has 2 rings (SSSR count). The van der Waals surface area contributed by atoms with Crippen LogP contribution in [-0.4, -0.2) is 18.0 Å². The van der Waals surface area contributed by atoms with Crippen LogP contribution >= 0.6 is 0 Å². The molecule has 84 valence electrons. The van der Waals surface area contributed by atoms with Gasteiger partial charge in [0.25, 0.3) is 0 Å². The first-order valence-corrected chi connectivity index (χ1v) is 5.86. The summed E-state index contributed by atoms with van der Waals surface area (Å²) in [6, 6.07) is 11.1. The van der Waals surface area contributed by atoms with Gasteiger partial charge in [0.2, 0.25) is 0 Å². The highest BCUT2D eigenvalue weighted by Gasteiger charge is 2.41. The van der Waals surface area contributed by atoms with E-state index in [9.17, 15) is 0 Å². The van der Waals surface area contributed by atoms with Gasteiger partial charge in [0.1, 0.15) is 0 Å². The zero-order valence-corrected chi connectivity index (χ0v) is 10.0. The highest BCUT2D eigenvalue weighted by atomic mass is 15.2. The van der Waals surface area contributed by atoms with E-state index >= 15 is 0 Å². The second-order valence-corrected chi connectivity index (χ2v) is 4.88. The number of aryl methyl sites for hydroxylation is 1. The SMILES string of the molecule is CCC1(C#N)CN(Cc2ccc(C)cc2)C1. The number of benzene rings is 1. The summed E-state index contributed by atoms with van der Waals surface area (Å²) in [6.45, 7) is 7.03. The predicted octanol–water partition coefficient (Wildman–Crippen LogP) is 2.73. The predicted molar refractivity (Wildman–Crippen MR) is 64.8 cm³/mol. The minimum atomic E-state index is -0.0648. The number of nitrogens with zero attached hydrogens (tertiary/aromatic N) is 2. The van der Waals surface area contributed by atoms with Crippen LogP contribution in [0.4, 0.5) is 0 Å². The first kappa shape index (κ1) is 11.2. The molecule has 0 atom stereocenters. The highest BCUT2D eigenvalue weighted by molar-refractivity contribution is 5.22. The van der Waals surface area contributed by atoms with Crippen LogP contribution in [0.3, 0.4) is 0 Å². The molecule has 0 saturated carbocycles. The number of likely N-dealkylation sites (tertiary alicyclic amines) is 1. The van der Waals surface area contributed by atoms with Gasteiger partial charge in [-0.2, -0.15) is 5.26 Å². The average Bonchev–Trinajstić information content (AvgIpc) is 2.26. The molecule has 1 aliphatic heterocycles. The maximum absolute atomic E-state index is 9.08. The Morgan fingerprint density at radius 1 is 1.31 bits per heavy atom. The molecule has 0 spiro atoms. The van der Waals surface area contributed by atoms with Crippen molar-refractivity contribution in [2.24, 2.45) is 5.41 Å². The average molecular weight is 214 g/mol. The van der Waals surface area contributed by atoms with Gasteiger partial charge in [0.15, 0.2) is 0 Å². The molecule has 0 N–H and O–H groups in total. The van der Waals surface area contributed by atoms with Gasteiger partial charge in [-0.25, -0.2) is 0 Å². The van der Waals surface area contributed by atoms with Gasteiger partial charge in [0.05, 0.1) is 11.5 Å². The topological polar surface area (TPSA) is 27.0 Å². The third-order valence-corrected chi connectivity index (χ3v) is 3.49. The Balaban J connectivity index is 1.90. The number of rotatable bonds is 3. The summed E-state index contributed by atoms with van der Waals surface area (Å²) in [5.74, 6) is 0. The molecular weight excluding hydrogens is 196 g/mol. The lowest BCUT2D eigenvalue weighted by atomic mass is 9.79. The fourth-order valence-electron chi connectivity index (χ4n) is 2.25. The van der Waals surface area contributed by atoms with Gasteiger partial charge in [0, 0.05) is 19.6 Å². The minimum Gasteiger partial charge on any atom is -0.296 e. The lowest BCUT2D eigenvalue weighted by Gasteiger charge is -2.45. The minimum absolute atomic E-state index is 0.0648. The van der Waals surface area contributed by atoms with Crippen LogP contribution in [0.2, 0.25) is 0 Å². The van der Waals surface area contributed by atoms with Crippen molar-refractivity contribution in [3.05, 3.63) is 35.4 Å². The summed E-state index contributed by atoms with van der Waals surface area (Å²) in [5.41, 5.74) is 2.57. The Bertz CT molecular complexity index is 394. The lowest BCUT2D eigenvalue weighted by Crippen LogP contribution is -2.54. The van der Waals surface area contributed by atoms with Gasteiger partial charge in [-0.15, -0.1) is 0 Å². The first-order valence-electron chi connectivity index (χ1n) is 5.86. The summed E-state index contributed by atoms with van der Waals surface area (Å²) < 4.78 is 0. The number of hydrogen-bond acceptors (Lipinski definition) is 2. The van der Waals surface area contributed by atoms with Crippen molar-refractivity contribution in [3.63, 3.8) is 0 Å². The Morgan fingerprint density at radius 3 is 2.44 bits per heavy atom. The molecule has 1 fully saturated rings. The van der Waals surface area contributed by atoms with Crippen molar-refractivity contribution in [1.82, 2.24) is 4.90 Å². The van der Waals surface area contributed by atoms with Gasteiger partial charge >= 0.3 is 0 Å². The summed E-state index contributed by atoms with van der Waals surface area (Å²) in [5, 5.41) is 9.08. The van der Waals surface area contributed by atoms with Crippen LogP contribution in [0.25, 0.3) is 0 Å². The Morgan fingerprint density at radius 2 is 1.94 bits per heavy atom. The number of nitriles is 1. The molecule has 1 saturated heterocycles. The lowest BCUT2D eigenvalue weighted by molar-refractivity contribution is 0.0358. The monoisotopic (exact) mass is 214 g/mol. The summed E-state index contributed by atoms with van der Waals surface area (Å²) in [6.07, 6.45) is 0.966. The molecule has 0 unspecified atom stereocenters. The van der Waals surface area contributed by atoms with Crippen molar-refractivity contribution in [3.8, 4) is 6.07 Å². The second kappa shape index (κ2) is 4.27. The zero-order valence-electron chi connectivity index (χ0n) is 10.0. The molecule has 0 bridgehead atoms. The van der Waals surface area contributed by atoms with Gasteiger partial charge in [-0.3, -0.25) is 4.90 Å². The molecule has 1 heterocycles. The summed E-state index contributed by atoms with van der Waals surface area (Å²) >= 11 is 0. The van der Waals surface area contributed by atoms with E-state index in [4.69, 9.17) is 5.26 Å². The van der Waals surface area contributed by atoms with Gasteiger partial charge in [-0.05, 0) is 18.9 Å². The molecule has 16 heavy (non-hydrogen) atoms. The fraction of sp³-hybridized carbons (Fsp3) is 0.500. The smallest absolute Gasteiger partial charge is 0.0824 e. The molecule has 1 aromatic rings. The molecule has 2 heteroatoms. The molecule has 0 aromatic heterocycles. The van der Waals surface area contributed by atoms with E-state index in [0.717, 1.165) is 26.1 Å². The van der Waals surface area contributed by atoms with Crippen molar-refractivity contribution in [2.45, 2.75) is 26.8 Å². The van der Waals surface area contributed by atoms with E-state index in [-0.39, 0.29) is 5.41 Å². The molecule has 1 aromatic carbocycles. The maximum atomic E-state index is 9.08. The molecule has 0 radical (unpaired) electrons. The second-order valence-electron chi connectivity index (χ2n) is 4.88. The van der Waals surface area contributed by atoms with E-state index in [1.807, 2.05) is 0 Å². The van der Waals surface area contributed by atoms with Gasteiger partial charge < -0.3 is 0 Å². The molecule has 0 amide bonds. The van der Waals surface area contributed by atoms with Crippen LogP contribution in [0.15, 0.2) is 24.3 Å². The van der Waals surface area contributed by atoms with Crippen molar-refractivity contribution >= 4 is 0 Å². The van der Waals surface area contributed by atoms with E-state index in [1.54, 1.807) is 0 Å². The first-order chi connectivity index (χ1) is 7.67. The summed E-state index contributed by atoms with van der Waals surface area (Å²) in [7, 11) is 0. The van der Waals surface area contributed by atoms with E-state index in [1.165, 1.54) is 11.1 Å². The largest absolute Gasteiger partial charge is 0.296 e. The molecule has 1 aliphatic rings. The number of hydrogen-bond donors (Lipinski definition) is 0. The quantitative estimate of drug-likeness (QED) is 0.773. The normalized spacial score (nSPS) is 18.8. The van der Waals surface area contributed by atoms with Crippen LogP contribution in [-0.2, 0) is 6.54 Å². The Hall–Kier alpha value is -1.33. The van der Waals surface area contributed by atoms with Crippen molar-refractivity contribution in [2.75, 3.05) is 13.1 Å². The third kappa shape index (κ3) is 2.10. The van der Waals surface area contributed by atoms with Crippen LogP contribution in [0.1, 0.15) is 24.5 Å². The standard InChI is InChI=1S/C14H18N2/c1-3-14(9-15)10-16(11-14)8-13-6-4-12(2)5-7-13/h4-7H,3,8,10-11H2,1-2H3. The fourth-order valence-corrected chi connectivity index (χ4v) is 2.25. The van der Waals surface area contributed by atoms with Crippen molar-refractivity contribution < 1.29 is 0 Å². The zero-order chi connectivity index (χ0) is 11.6. The van der Waals surface area contributed by atoms with Gasteiger partial charge in [-0.1, -0.05) is 36.8 Å². The van der Waals surface area contributed by atoms with Crippen LogP contribution in [0.5, 0.6) is 0 Å². The van der Waals surface area contributed by atoms with Crippen LogP contribution < -0.4 is 0 Å². The highest BCUT2D eigenvalue weighted by Crippen LogP contribution is 2.33. The van der Waals surface area contributed by atoms with Crippen LogP contribution in [0, 0.1) is 23.7 Å². The van der Waals surface area contributed by atoms with E-state index in [0.29, 0.717) is 0 Å². The Labute approximate surface area is 97.5 Å². The van der Waals surface area contributed by atoms with E-state index < -0.39 is 0 Å². The molecular formula is C14H18N2.